The fourth-order valence-corrected chi connectivity index (χ4v) is 0. The summed E-state index contributed by atoms with van der Waals surface area (Å²) in [5, 5.41) is 0. The normalized spacial score (nSPS) is 8.00. The molecule has 0 amide bonds. The third-order valence-electron chi connectivity index (χ3n) is 0.471. The average Bonchev–Trinajstić information content (AvgIpc) is 1.38. The van der Waals surface area contributed by atoms with Crippen molar-refractivity contribution in [3.8, 4) is 0 Å². The van der Waals surface area contributed by atoms with E-state index in [0.29, 0.717) is 0 Å². The van der Waals surface area contributed by atoms with Crippen molar-refractivity contribution in [2.75, 3.05) is 6.16 Å². The molecular formula is C4H12LiP. The molecule has 0 bridgehead atoms. The van der Waals surface area contributed by atoms with Gasteiger partial charge in [0.2, 0.25) is 0 Å². The van der Waals surface area contributed by atoms with E-state index in [1.54, 1.807) is 0 Å². The quantitative estimate of drug-likeness (QED) is 0.337. The van der Waals surface area contributed by atoms with Gasteiger partial charge in [-0.15, -0.1) is 9.24 Å². The summed E-state index contributed by atoms with van der Waals surface area (Å²) in [4.78, 5) is 0. The molecule has 0 aliphatic rings. The Labute approximate surface area is 54.5 Å². The van der Waals surface area contributed by atoms with Crippen LogP contribution < -0.4 is 0 Å². The van der Waals surface area contributed by atoms with Crippen LogP contribution >= 0.6 is 9.24 Å². The Morgan fingerprint density at radius 1 is 1.50 bits per heavy atom. The molecule has 0 aromatic rings. The predicted molar refractivity (Wildman–Crippen MR) is 36.6 cm³/mol. The third kappa shape index (κ3) is 8.90. The molecule has 34 valence electrons. The van der Waals surface area contributed by atoms with Crippen LogP contribution in [0.2, 0.25) is 0 Å². The van der Waals surface area contributed by atoms with Gasteiger partial charge in [-0.2, -0.15) is 0 Å². The summed E-state index contributed by atoms with van der Waals surface area (Å²) in [6, 6.07) is 0. The molecular weight excluding hydrogens is 86.0 g/mol. The molecule has 0 nitrogen and oxygen atoms in total. The summed E-state index contributed by atoms with van der Waals surface area (Å²) in [6.45, 7) is 4.40. The summed E-state index contributed by atoms with van der Waals surface area (Å²) in [5.74, 6) is 0.847. The molecule has 1 atom stereocenters. The van der Waals surface area contributed by atoms with Crippen LogP contribution in [0.25, 0.3) is 0 Å². The molecule has 0 fully saturated rings. The van der Waals surface area contributed by atoms with Crippen LogP contribution in [0.3, 0.4) is 0 Å². The maximum atomic E-state index is 2.69. The van der Waals surface area contributed by atoms with Crippen molar-refractivity contribution in [1.82, 2.24) is 0 Å². The molecule has 0 aliphatic heterocycles. The minimum atomic E-state index is 0. The second-order valence-electron chi connectivity index (χ2n) is 1.63. The predicted octanol–water partition coefficient (Wildman–Crippen LogP) is 0.869. The molecule has 0 aromatic heterocycles. The molecule has 0 saturated carbocycles. The van der Waals surface area contributed by atoms with Crippen LogP contribution in [0.4, 0.5) is 0 Å². The van der Waals surface area contributed by atoms with Gasteiger partial charge in [0.25, 0.3) is 0 Å². The van der Waals surface area contributed by atoms with Crippen LogP contribution in [0.5, 0.6) is 0 Å². The molecule has 2 heteroatoms. The van der Waals surface area contributed by atoms with E-state index in [0.717, 1.165) is 5.92 Å². The second-order valence-corrected chi connectivity index (χ2v) is 2.10. The standard InChI is InChI=1S/C4H11P.Li.H/c1-4(2)3-5;;/h4H,3,5H2,1-2H3;;. The van der Waals surface area contributed by atoms with Crippen molar-refractivity contribution in [3.05, 3.63) is 0 Å². The van der Waals surface area contributed by atoms with Crippen LogP contribution in [-0.4, -0.2) is 25.0 Å². The second kappa shape index (κ2) is 6.03. The van der Waals surface area contributed by atoms with E-state index >= 15 is 0 Å². The minimum absolute atomic E-state index is 0. The molecule has 0 spiro atoms. The van der Waals surface area contributed by atoms with Crippen molar-refractivity contribution >= 4 is 28.1 Å². The third-order valence-corrected chi connectivity index (χ3v) is 1.41. The Morgan fingerprint density at radius 3 is 1.67 bits per heavy atom. The van der Waals surface area contributed by atoms with Gasteiger partial charge in [-0.05, 0) is 12.1 Å². The first kappa shape index (κ1) is 10.1. The van der Waals surface area contributed by atoms with Gasteiger partial charge in [0.1, 0.15) is 0 Å². The number of hydrogen-bond donors (Lipinski definition) is 0. The SMILES string of the molecule is CC(C)CP.[LiH]. The zero-order chi connectivity index (χ0) is 4.28. The van der Waals surface area contributed by atoms with E-state index < -0.39 is 0 Å². The van der Waals surface area contributed by atoms with Gasteiger partial charge in [-0.1, -0.05) is 13.8 Å². The maximum absolute atomic E-state index is 2.69. The number of rotatable bonds is 1. The molecule has 0 N–H and O–H groups in total. The molecule has 1 unspecified atom stereocenters. The molecule has 0 aliphatic carbocycles. The average molecular weight is 98.1 g/mol. The summed E-state index contributed by atoms with van der Waals surface area (Å²) in [6.07, 6.45) is 1.22. The van der Waals surface area contributed by atoms with Crippen molar-refractivity contribution < 1.29 is 0 Å². The Bertz CT molecular complexity index is 21.5. The molecule has 0 saturated heterocycles. The fourth-order valence-electron chi connectivity index (χ4n) is 0. The van der Waals surface area contributed by atoms with Crippen LogP contribution in [0.15, 0.2) is 0 Å². The Hall–Kier alpha value is 1.03. The monoisotopic (exact) mass is 98.1 g/mol. The van der Waals surface area contributed by atoms with Gasteiger partial charge in [-0.3, -0.25) is 0 Å². The van der Waals surface area contributed by atoms with Gasteiger partial charge < -0.3 is 0 Å². The summed E-state index contributed by atoms with van der Waals surface area (Å²) < 4.78 is 0. The van der Waals surface area contributed by atoms with Crippen LogP contribution in [0.1, 0.15) is 13.8 Å². The van der Waals surface area contributed by atoms with Gasteiger partial charge in [0.15, 0.2) is 0 Å². The molecule has 0 aromatic carbocycles. The topological polar surface area (TPSA) is 0 Å². The number of hydrogen-bond acceptors (Lipinski definition) is 0. The fraction of sp³-hybridized carbons (Fsp3) is 1.00. The summed E-state index contributed by atoms with van der Waals surface area (Å²) >= 11 is 0. The van der Waals surface area contributed by atoms with Gasteiger partial charge in [0.05, 0.1) is 0 Å². The van der Waals surface area contributed by atoms with Crippen molar-refractivity contribution in [2.45, 2.75) is 13.8 Å². The van der Waals surface area contributed by atoms with E-state index in [1.165, 1.54) is 6.16 Å². The van der Waals surface area contributed by atoms with Crippen molar-refractivity contribution in [3.63, 3.8) is 0 Å². The van der Waals surface area contributed by atoms with Crippen molar-refractivity contribution in [2.24, 2.45) is 5.92 Å². The van der Waals surface area contributed by atoms with E-state index in [-0.39, 0.29) is 18.9 Å². The van der Waals surface area contributed by atoms with Crippen LogP contribution in [0, 0.1) is 5.92 Å². The van der Waals surface area contributed by atoms with Crippen LogP contribution in [-0.2, 0) is 0 Å². The van der Waals surface area contributed by atoms with Gasteiger partial charge in [-0.25, -0.2) is 0 Å². The first-order valence-electron chi connectivity index (χ1n) is 1.97. The molecule has 6 heavy (non-hydrogen) atoms. The summed E-state index contributed by atoms with van der Waals surface area (Å²) in [7, 11) is 2.69. The van der Waals surface area contributed by atoms with Gasteiger partial charge >= 0.3 is 18.9 Å². The Kier molecular flexibility index (Phi) is 10.1. The van der Waals surface area contributed by atoms with E-state index in [9.17, 15) is 0 Å². The molecule has 0 heterocycles. The van der Waals surface area contributed by atoms with E-state index in [4.69, 9.17) is 0 Å². The molecule has 0 radical (unpaired) electrons. The zero-order valence-corrected chi connectivity index (χ0v) is 5.02. The van der Waals surface area contributed by atoms with E-state index in [2.05, 4.69) is 23.1 Å². The molecule has 0 rings (SSSR count). The summed E-state index contributed by atoms with van der Waals surface area (Å²) in [5.41, 5.74) is 0. The van der Waals surface area contributed by atoms with E-state index in [1.807, 2.05) is 0 Å². The zero-order valence-electron chi connectivity index (χ0n) is 3.86. The van der Waals surface area contributed by atoms with Gasteiger partial charge in [0, 0.05) is 0 Å². The Morgan fingerprint density at radius 2 is 1.67 bits per heavy atom. The first-order chi connectivity index (χ1) is 2.27. The Balaban J connectivity index is 0. The first-order valence-corrected chi connectivity index (χ1v) is 2.79. The van der Waals surface area contributed by atoms with Crippen molar-refractivity contribution in [1.29, 1.82) is 0 Å².